The van der Waals surface area contributed by atoms with E-state index in [-0.39, 0.29) is 0 Å². The molecule has 0 radical (unpaired) electrons. The lowest BCUT2D eigenvalue weighted by Gasteiger charge is -1.97. The molecule has 0 amide bonds. The lowest BCUT2D eigenvalue weighted by atomic mass is 10.1. The topological polar surface area (TPSA) is 58.9 Å². The number of carbonyl (C=O) groups excluding carboxylic acids is 2. The van der Waals surface area contributed by atoms with E-state index in [1.54, 1.807) is 6.07 Å². The van der Waals surface area contributed by atoms with Gasteiger partial charge in [0.1, 0.15) is 0 Å². The van der Waals surface area contributed by atoms with Gasteiger partial charge in [-0.3, -0.25) is 0 Å². The molecule has 0 bridgehead atoms. The number of hydrogen-bond acceptors (Lipinski definition) is 4. The predicted molar refractivity (Wildman–Crippen MR) is 82.6 cm³/mol. The Labute approximate surface area is 123 Å². The molecule has 2 aromatic carbocycles. The third-order valence-electron chi connectivity index (χ3n) is 2.82. The van der Waals surface area contributed by atoms with Crippen molar-refractivity contribution < 1.29 is 9.59 Å². The number of nitrogens with zero attached hydrogens (tertiary/aromatic N) is 2. The number of rotatable bonds is 3. The molecular weight excluding hydrogens is 264 g/mol. The molecule has 21 heavy (non-hydrogen) atoms. The zero-order chi connectivity index (χ0) is 15.5. The highest BCUT2D eigenvalue weighted by molar-refractivity contribution is 5.53. The molecule has 0 unspecified atom stereocenters. The Morgan fingerprint density at radius 1 is 0.857 bits per heavy atom. The normalized spacial score (nSPS) is 8.67. The lowest BCUT2D eigenvalue weighted by molar-refractivity contribution is 0.564. The average Bonchev–Trinajstić information content (AvgIpc) is 2.51. The largest absolute Gasteiger partial charge is 0.240 e. The van der Waals surface area contributed by atoms with Crippen molar-refractivity contribution in [3.05, 3.63) is 59.7 Å². The third kappa shape index (κ3) is 5.37. The van der Waals surface area contributed by atoms with E-state index in [4.69, 9.17) is 0 Å². The predicted octanol–water partition coefficient (Wildman–Crippen LogP) is 4.18. The molecule has 0 fully saturated rings. The summed E-state index contributed by atoms with van der Waals surface area (Å²) in [6, 6.07) is 15.0. The van der Waals surface area contributed by atoms with Gasteiger partial charge in [-0.1, -0.05) is 43.3 Å². The Kier molecular flexibility index (Phi) is 7.09. The standard InChI is InChI=1S/C9H9NO.C8H7NO/c1-2-8-5-3-4-6-9(8)10-7-11;1-7-4-2-3-5-8(7)9-6-10/h3-6H,2H2,1H3;2-5H,1H3. The first kappa shape index (κ1) is 16.3. The maximum Gasteiger partial charge on any atom is 0.240 e. The van der Waals surface area contributed by atoms with Crippen LogP contribution in [-0.2, 0) is 16.0 Å². The molecule has 4 heteroatoms. The molecule has 0 saturated heterocycles. The molecule has 2 rings (SSSR count). The van der Waals surface area contributed by atoms with Crippen LogP contribution in [0.2, 0.25) is 0 Å². The molecule has 0 spiro atoms. The van der Waals surface area contributed by atoms with E-state index in [1.165, 1.54) is 12.2 Å². The van der Waals surface area contributed by atoms with Crippen LogP contribution < -0.4 is 0 Å². The first-order chi connectivity index (χ1) is 10.2. The Morgan fingerprint density at radius 3 is 1.95 bits per heavy atom. The van der Waals surface area contributed by atoms with Gasteiger partial charge in [0.2, 0.25) is 12.2 Å². The van der Waals surface area contributed by atoms with Crippen LogP contribution in [0.25, 0.3) is 0 Å². The Morgan fingerprint density at radius 2 is 1.38 bits per heavy atom. The Bertz CT molecular complexity index is 683. The fraction of sp³-hybridized carbons (Fsp3) is 0.176. The first-order valence-electron chi connectivity index (χ1n) is 6.52. The van der Waals surface area contributed by atoms with Crippen LogP contribution in [0.3, 0.4) is 0 Å². The van der Waals surface area contributed by atoms with Crippen LogP contribution in [0.1, 0.15) is 18.1 Å². The number of hydrogen-bond donors (Lipinski definition) is 0. The summed E-state index contributed by atoms with van der Waals surface area (Å²) in [6.07, 6.45) is 3.92. The zero-order valence-electron chi connectivity index (χ0n) is 12.0. The van der Waals surface area contributed by atoms with Gasteiger partial charge in [-0.05, 0) is 36.6 Å². The number of benzene rings is 2. The lowest BCUT2D eigenvalue weighted by Crippen LogP contribution is -1.78. The van der Waals surface area contributed by atoms with E-state index in [9.17, 15) is 9.59 Å². The van der Waals surface area contributed by atoms with Crippen LogP contribution in [0, 0.1) is 6.92 Å². The van der Waals surface area contributed by atoms with Gasteiger partial charge < -0.3 is 0 Å². The summed E-state index contributed by atoms with van der Waals surface area (Å²) in [6.45, 7) is 3.93. The van der Waals surface area contributed by atoms with Crippen LogP contribution >= 0.6 is 0 Å². The monoisotopic (exact) mass is 280 g/mol. The van der Waals surface area contributed by atoms with Gasteiger partial charge in [-0.25, -0.2) is 9.59 Å². The summed E-state index contributed by atoms with van der Waals surface area (Å²) in [4.78, 5) is 26.9. The van der Waals surface area contributed by atoms with Crippen LogP contribution in [-0.4, -0.2) is 12.2 Å². The molecule has 0 heterocycles. The van der Waals surface area contributed by atoms with E-state index in [0.29, 0.717) is 5.69 Å². The van der Waals surface area contributed by atoms with Crippen molar-refractivity contribution in [2.45, 2.75) is 20.3 Å². The van der Waals surface area contributed by atoms with E-state index >= 15 is 0 Å². The Hall–Kier alpha value is -2.80. The number of aryl methyl sites for hydroxylation is 2. The second-order valence-electron chi connectivity index (χ2n) is 4.17. The van der Waals surface area contributed by atoms with Crippen LogP contribution in [0.4, 0.5) is 11.4 Å². The molecule has 0 atom stereocenters. The van der Waals surface area contributed by atoms with E-state index < -0.39 is 0 Å². The number of aliphatic imine (C=N–C) groups is 2. The van der Waals surface area contributed by atoms with Gasteiger partial charge >= 0.3 is 0 Å². The number of isocyanates is 2. The molecule has 4 nitrogen and oxygen atoms in total. The first-order valence-corrected chi connectivity index (χ1v) is 6.52. The summed E-state index contributed by atoms with van der Waals surface area (Å²) in [7, 11) is 0. The van der Waals surface area contributed by atoms with E-state index in [0.717, 1.165) is 23.2 Å². The molecule has 0 aromatic heterocycles. The molecule has 106 valence electrons. The van der Waals surface area contributed by atoms with Crippen molar-refractivity contribution in [2.75, 3.05) is 0 Å². The minimum Gasteiger partial charge on any atom is -0.211 e. The van der Waals surface area contributed by atoms with Crippen molar-refractivity contribution >= 4 is 23.5 Å². The molecule has 0 saturated carbocycles. The van der Waals surface area contributed by atoms with E-state index in [1.807, 2.05) is 56.3 Å². The van der Waals surface area contributed by atoms with Crippen molar-refractivity contribution in [1.82, 2.24) is 0 Å². The maximum absolute atomic E-state index is 9.95. The van der Waals surface area contributed by atoms with Crippen molar-refractivity contribution in [2.24, 2.45) is 9.98 Å². The quantitative estimate of drug-likeness (QED) is 0.625. The minimum atomic E-state index is 0.692. The van der Waals surface area contributed by atoms with E-state index in [2.05, 4.69) is 9.98 Å². The third-order valence-corrected chi connectivity index (χ3v) is 2.82. The van der Waals surface area contributed by atoms with Gasteiger partial charge in [0.25, 0.3) is 0 Å². The molecule has 0 aliphatic rings. The average molecular weight is 280 g/mol. The molecule has 0 N–H and O–H groups in total. The van der Waals surface area contributed by atoms with Gasteiger partial charge in [0.15, 0.2) is 0 Å². The van der Waals surface area contributed by atoms with Crippen LogP contribution in [0.15, 0.2) is 58.5 Å². The second-order valence-corrected chi connectivity index (χ2v) is 4.17. The van der Waals surface area contributed by atoms with Crippen molar-refractivity contribution in [3.63, 3.8) is 0 Å². The smallest absolute Gasteiger partial charge is 0.211 e. The SMILES string of the molecule is CCc1ccccc1N=C=O.Cc1ccccc1N=C=O. The van der Waals surface area contributed by atoms with Gasteiger partial charge in [-0.15, -0.1) is 0 Å². The summed E-state index contributed by atoms with van der Waals surface area (Å²) in [5.74, 6) is 0. The summed E-state index contributed by atoms with van der Waals surface area (Å²) >= 11 is 0. The highest BCUT2D eigenvalue weighted by atomic mass is 16.1. The highest BCUT2D eigenvalue weighted by Gasteiger charge is 1.95. The fourth-order valence-electron chi connectivity index (χ4n) is 1.71. The molecule has 0 aliphatic carbocycles. The van der Waals surface area contributed by atoms with Crippen molar-refractivity contribution in [1.29, 1.82) is 0 Å². The molecular formula is C17H16N2O2. The maximum atomic E-state index is 9.95. The second kappa shape index (κ2) is 9.16. The zero-order valence-corrected chi connectivity index (χ0v) is 12.0. The van der Waals surface area contributed by atoms with Crippen LogP contribution in [0.5, 0.6) is 0 Å². The highest BCUT2D eigenvalue weighted by Crippen LogP contribution is 2.17. The number of para-hydroxylation sites is 2. The summed E-state index contributed by atoms with van der Waals surface area (Å²) < 4.78 is 0. The minimum absolute atomic E-state index is 0.692. The van der Waals surface area contributed by atoms with Crippen molar-refractivity contribution in [3.8, 4) is 0 Å². The summed E-state index contributed by atoms with van der Waals surface area (Å²) in [5, 5.41) is 0. The molecule has 2 aromatic rings. The molecule has 0 aliphatic heterocycles. The van der Waals surface area contributed by atoms with Gasteiger partial charge in [-0.2, -0.15) is 9.98 Å². The van der Waals surface area contributed by atoms with Gasteiger partial charge in [0, 0.05) is 0 Å². The van der Waals surface area contributed by atoms with Gasteiger partial charge in [0.05, 0.1) is 11.4 Å². The fourth-order valence-corrected chi connectivity index (χ4v) is 1.71. The summed E-state index contributed by atoms with van der Waals surface area (Å²) in [5.41, 5.74) is 3.49. The Balaban J connectivity index is 0.000000211.